The van der Waals surface area contributed by atoms with Crippen molar-refractivity contribution in [2.75, 3.05) is 13.2 Å². The number of alkyl carbamates (subject to hydrolysis) is 1. The third-order valence-electron chi connectivity index (χ3n) is 3.31. The van der Waals surface area contributed by atoms with Crippen molar-refractivity contribution in [3.63, 3.8) is 0 Å². The number of nitrogens with zero attached hydrogens (tertiary/aromatic N) is 4. The fraction of sp³-hybridized carbons (Fsp3) is 0.429. The standard InChI is InChI=1S/C14H17N5O3/c20-14(22-10-13-2-1-7-21-13)16-8-11-9-19(18-17-11)12-3-5-15-6-4-12/h3-6,9,13H,1-2,7-8,10H2,(H,16,20). The van der Waals surface area contributed by atoms with Crippen molar-refractivity contribution in [2.24, 2.45) is 0 Å². The second kappa shape index (κ2) is 6.99. The fourth-order valence-electron chi connectivity index (χ4n) is 2.16. The molecule has 8 heteroatoms. The minimum Gasteiger partial charge on any atom is -0.447 e. The van der Waals surface area contributed by atoms with Crippen molar-refractivity contribution in [3.8, 4) is 5.69 Å². The molecule has 2 aromatic heterocycles. The van der Waals surface area contributed by atoms with Gasteiger partial charge in [-0.25, -0.2) is 9.48 Å². The zero-order valence-electron chi connectivity index (χ0n) is 12.0. The molecular weight excluding hydrogens is 286 g/mol. The molecule has 1 aliphatic rings. The predicted molar refractivity (Wildman–Crippen MR) is 76.3 cm³/mol. The Labute approximate surface area is 127 Å². The van der Waals surface area contributed by atoms with Gasteiger partial charge in [0.05, 0.1) is 24.5 Å². The first-order chi connectivity index (χ1) is 10.8. The largest absolute Gasteiger partial charge is 0.447 e. The summed E-state index contributed by atoms with van der Waals surface area (Å²) in [6, 6.07) is 3.64. The molecule has 1 fully saturated rings. The minimum absolute atomic E-state index is 0.0262. The summed E-state index contributed by atoms with van der Waals surface area (Å²) in [4.78, 5) is 15.5. The number of ether oxygens (including phenoxy) is 2. The van der Waals surface area contributed by atoms with Crippen LogP contribution in [0.3, 0.4) is 0 Å². The number of amides is 1. The molecule has 3 heterocycles. The zero-order valence-corrected chi connectivity index (χ0v) is 12.0. The molecule has 1 aliphatic heterocycles. The van der Waals surface area contributed by atoms with Crippen LogP contribution >= 0.6 is 0 Å². The Morgan fingerprint density at radius 1 is 1.45 bits per heavy atom. The second-order valence-corrected chi connectivity index (χ2v) is 4.95. The fourth-order valence-corrected chi connectivity index (χ4v) is 2.16. The summed E-state index contributed by atoms with van der Waals surface area (Å²) >= 11 is 0. The Hall–Kier alpha value is -2.48. The number of carbonyl (C=O) groups excluding carboxylic acids is 1. The maximum absolute atomic E-state index is 11.6. The van der Waals surface area contributed by atoms with Crippen molar-refractivity contribution < 1.29 is 14.3 Å². The highest BCUT2D eigenvalue weighted by molar-refractivity contribution is 5.67. The number of hydrogen-bond acceptors (Lipinski definition) is 6. The molecule has 1 N–H and O–H groups in total. The van der Waals surface area contributed by atoms with Crippen molar-refractivity contribution in [3.05, 3.63) is 36.4 Å². The molecule has 3 rings (SSSR count). The number of rotatable bonds is 5. The molecule has 0 bridgehead atoms. The number of nitrogens with one attached hydrogen (secondary N) is 1. The number of pyridine rings is 1. The maximum Gasteiger partial charge on any atom is 0.407 e. The van der Waals surface area contributed by atoms with Gasteiger partial charge in [-0.2, -0.15) is 0 Å². The first-order valence-electron chi connectivity index (χ1n) is 7.15. The van der Waals surface area contributed by atoms with Crippen LogP contribution < -0.4 is 5.32 Å². The van der Waals surface area contributed by atoms with Gasteiger partial charge in [0.1, 0.15) is 12.3 Å². The molecule has 0 spiro atoms. The van der Waals surface area contributed by atoms with Crippen LogP contribution in [0.2, 0.25) is 0 Å². The van der Waals surface area contributed by atoms with Crippen LogP contribution in [0, 0.1) is 0 Å². The van der Waals surface area contributed by atoms with E-state index in [0.29, 0.717) is 5.69 Å². The van der Waals surface area contributed by atoms with Gasteiger partial charge < -0.3 is 14.8 Å². The summed E-state index contributed by atoms with van der Waals surface area (Å²) in [6.07, 6.45) is 6.61. The Kier molecular flexibility index (Phi) is 4.59. The van der Waals surface area contributed by atoms with Crippen LogP contribution in [0.4, 0.5) is 4.79 Å². The second-order valence-electron chi connectivity index (χ2n) is 4.95. The molecule has 1 amide bonds. The van der Waals surface area contributed by atoms with Gasteiger partial charge in [-0.15, -0.1) is 5.10 Å². The number of aromatic nitrogens is 4. The molecule has 1 saturated heterocycles. The summed E-state index contributed by atoms with van der Waals surface area (Å²) in [6.45, 7) is 1.29. The first kappa shape index (κ1) is 14.5. The van der Waals surface area contributed by atoms with E-state index in [1.807, 2.05) is 12.1 Å². The molecule has 8 nitrogen and oxygen atoms in total. The van der Waals surface area contributed by atoms with E-state index >= 15 is 0 Å². The smallest absolute Gasteiger partial charge is 0.407 e. The van der Waals surface area contributed by atoms with Crippen molar-refractivity contribution >= 4 is 6.09 Å². The van der Waals surface area contributed by atoms with E-state index in [-0.39, 0.29) is 19.3 Å². The van der Waals surface area contributed by atoms with Crippen LogP contribution in [0.25, 0.3) is 5.69 Å². The maximum atomic E-state index is 11.6. The van der Waals surface area contributed by atoms with E-state index in [1.54, 1.807) is 23.3 Å². The van der Waals surface area contributed by atoms with Gasteiger partial charge in [0.2, 0.25) is 0 Å². The predicted octanol–water partition coefficient (Wildman–Crippen LogP) is 1.07. The lowest BCUT2D eigenvalue weighted by Gasteiger charge is -2.10. The average molecular weight is 303 g/mol. The molecule has 0 aromatic carbocycles. The molecule has 1 atom stereocenters. The van der Waals surface area contributed by atoms with Gasteiger partial charge in [0.25, 0.3) is 0 Å². The van der Waals surface area contributed by atoms with Gasteiger partial charge in [-0.1, -0.05) is 5.21 Å². The average Bonchev–Trinajstić information content (AvgIpc) is 3.23. The first-order valence-corrected chi connectivity index (χ1v) is 7.15. The SMILES string of the molecule is O=C(NCc1cn(-c2ccncc2)nn1)OCC1CCCO1. The van der Waals surface area contributed by atoms with Crippen LogP contribution in [-0.2, 0) is 16.0 Å². The lowest BCUT2D eigenvalue weighted by Crippen LogP contribution is -2.27. The van der Waals surface area contributed by atoms with Crippen LogP contribution in [0.1, 0.15) is 18.5 Å². The normalized spacial score (nSPS) is 17.4. The van der Waals surface area contributed by atoms with E-state index in [0.717, 1.165) is 25.1 Å². The monoisotopic (exact) mass is 303 g/mol. The van der Waals surface area contributed by atoms with Crippen molar-refractivity contribution in [2.45, 2.75) is 25.5 Å². The lowest BCUT2D eigenvalue weighted by molar-refractivity contribution is 0.0437. The molecular formula is C14H17N5O3. The Morgan fingerprint density at radius 3 is 3.09 bits per heavy atom. The minimum atomic E-state index is -0.478. The summed E-state index contributed by atoms with van der Waals surface area (Å²) in [7, 11) is 0. The quantitative estimate of drug-likeness (QED) is 0.888. The topological polar surface area (TPSA) is 91.2 Å². The summed E-state index contributed by atoms with van der Waals surface area (Å²) in [5.41, 5.74) is 1.50. The highest BCUT2D eigenvalue weighted by Gasteiger charge is 2.17. The van der Waals surface area contributed by atoms with E-state index < -0.39 is 6.09 Å². The number of carbonyl (C=O) groups is 1. The van der Waals surface area contributed by atoms with Crippen LogP contribution in [0.5, 0.6) is 0 Å². The van der Waals surface area contributed by atoms with Gasteiger partial charge in [-0.3, -0.25) is 4.98 Å². The molecule has 0 aliphatic carbocycles. The van der Waals surface area contributed by atoms with E-state index in [2.05, 4.69) is 20.6 Å². The molecule has 116 valence electrons. The van der Waals surface area contributed by atoms with Crippen LogP contribution in [-0.4, -0.2) is 45.4 Å². The van der Waals surface area contributed by atoms with E-state index in [4.69, 9.17) is 9.47 Å². The molecule has 1 unspecified atom stereocenters. The molecule has 0 radical (unpaired) electrons. The molecule has 2 aromatic rings. The Bertz CT molecular complexity index is 610. The summed E-state index contributed by atoms with van der Waals surface area (Å²) in [5.74, 6) is 0. The third-order valence-corrected chi connectivity index (χ3v) is 3.31. The van der Waals surface area contributed by atoms with Crippen LogP contribution in [0.15, 0.2) is 30.7 Å². The van der Waals surface area contributed by atoms with Crippen molar-refractivity contribution in [1.29, 1.82) is 0 Å². The zero-order chi connectivity index (χ0) is 15.2. The lowest BCUT2D eigenvalue weighted by atomic mass is 10.2. The Balaban J connectivity index is 1.45. The third kappa shape index (κ3) is 3.79. The van der Waals surface area contributed by atoms with Gasteiger partial charge in [0, 0.05) is 19.0 Å². The highest BCUT2D eigenvalue weighted by atomic mass is 16.6. The van der Waals surface area contributed by atoms with Gasteiger partial charge >= 0.3 is 6.09 Å². The highest BCUT2D eigenvalue weighted by Crippen LogP contribution is 2.11. The Morgan fingerprint density at radius 2 is 2.32 bits per heavy atom. The summed E-state index contributed by atoms with van der Waals surface area (Å²) < 4.78 is 12.1. The number of hydrogen-bond donors (Lipinski definition) is 1. The summed E-state index contributed by atoms with van der Waals surface area (Å²) in [5, 5.41) is 10.6. The van der Waals surface area contributed by atoms with Gasteiger partial charge in [0.15, 0.2) is 0 Å². The van der Waals surface area contributed by atoms with Crippen molar-refractivity contribution in [1.82, 2.24) is 25.3 Å². The molecule has 0 saturated carbocycles. The van der Waals surface area contributed by atoms with E-state index in [1.165, 1.54) is 0 Å². The van der Waals surface area contributed by atoms with E-state index in [9.17, 15) is 4.79 Å². The molecule has 22 heavy (non-hydrogen) atoms. The van der Waals surface area contributed by atoms with Gasteiger partial charge in [-0.05, 0) is 25.0 Å².